The summed E-state index contributed by atoms with van der Waals surface area (Å²) >= 11 is 0. The zero-order chi connectivity index (χ0) is 21.5. The lowest BCUT2D eigenvalue weighted by molar-refractivity contribution is -0.137. The van der Waals surface area contributed by atoms with E-state index in [1.165, 1.54) is 11.0 Å². The number of fused-ring (bicyclic) bond motifs is 2. The molecule has 0 saturated carbocycles. The number of para-hydroxylation sites is 2. The molecule has 3 aromatic carbocycles. The molecule has 1 aliphatic heterocycles. The molecule has 0 aromatic heterocycles. The number of benzene rings is 3. The minimum atomic E-state index is -4.48. The third kappa shape index (κ3) is 3.59. The average Bonchev–Trinajstić information content (AvgIpc) is 2.83. The minimum Gasteiger partial charge on any atom is -0.454 e. The number of carbonyl (C=O) groups excluding carboxylic acids is 2. The van der Waals surface area contributed by atoms with Crippen LogP contribution in [0.4, 0.5) is 24.5 Å². The summed E-state index contributed by atoms with van der Waals surface area (Å²) in [6.07, 6.45) is -4.48. The molecule has 4 rings (SSSR count). The van der Waals surface area contributed by atoms with E-state index < -0.39 is 17.6 Å². The second kappa shape index (κ2) is 7.22. The number of halogens is 3. The van der Waals surface area contributed by atoms with Gasteiger partial charge >= 0.3 is 6.18 Å². The van der Waals surface area contributed by atoms with Crippen LogP contribution in [0.5, 0.6) is 11.5 Å². The molecule has 8 heteroatoms. The summed E-state index contributed by atoms with van der Waals surface area (Å²) in [6, 6.07) is 15.6. The van der Waals surface area contributed by atoms with E-state index in [0.29, 0.717) is 22.9 Å². The Hall–Kier alpha value is -3.81. The summed E-state index contributed by atoms with van der Waals surface area (Å²) in [5.74, 6) is -0.0548. The fourth-order valence-corrected chi connectivity index (χ4v) is 3.11. The maximum absolute atomic E-state index is 12.9. The van der Waals surface area contributed by atoms with Crippen LogP contribution in [0.25, 0.3) is 0 Å². The van der Waals surface area contributed by atoms with Crippen LogP contribution in [0, 0.1) is 0 Å². The normalized spacial score (nSPS) is 13.1. The molecule has 0 bridgehead atoms. The van der Waals surface area contributed by atoms with Crippen LogP contribution < -0.4 is 15.0 Å². The lowest BCUT2D eigenvalue weighted by atomic mass is 10.1. The molecular weight excluding hydrogens is 397 g/mol. The summed E-state index contributed by atoms with van der Waals surface area (Å²) in [5, 5.41) is 2.60. The number of nitrogens with one attached hydrogen (secondary N) is 1. The van der Waals surface area contributed by atoms with Gasteiger partial charge in [0.25, 0.3) is 11.8 Å². The van der Waals surface area contributed by atoms with Crippen molar-refractivity contribution >= 4 is 23.2 Å². The first-order valence-corrected chi connectivity index (χ1v) is 8.91. The van der Waals surface area contributed by atoms with E-state index in [2.05, 4.69) is 5.32 Å². The molecule has 1 aliphatic rings. The maximum atomic E-state index is 12.9. The van der Waals surface area contributed by atoms with Crippen molar-refractivity contribution in [2.75, 3.05) is 17.3 Å². The first-order chi connectivity index (χ1) is 14.2. The molecule has 5 nitrogen and oxygen atoms in total. The standard InChI is InChI=1S/C22H15F3N2O3/c1-27-17-4-2-3-5-19(17)30-18-11-10-15(12-16(18)21(27)29)26-20(28)13-6-8-14(9-7-13)22(23,24)25/h2-12H,1H3,(H,26,28). The van der Waals surface area contributed by atoms with Gasteiger partial charge < -0.3 is 15.0 Å². The summed E-state index contributed by atoms with van der Waals surface area (Å²) in [7, 11) is 1.62. The quantitative estimate of drug-likeness (QED) is 0.618. The van der Waals surface area contributed by atoms with E-state index in [-0.39, 0.29) is 17.0 Å². The fraction of sp³-hybridized carbons (Fsp3) is 0.0909. The summed E-state index contributed by atoms with van der Waals surface area (Å²) in [5.41, 5.74) is 0.391. The number of carbonyl (C=O) groups is 2. The molecule has 0 unspecified atom stereocenters. The molecule has 152 valence electrons. The molecule has 0 spiro atoms. The van der Waals surface area contributed by atoms with Crippen LogP contribution in [0.15, 0.2) is 66.7 Å². The first-order valence-electron chi connectivity index (χ1n) is 8.91. The van der Waals surface area contributed by atoms with Crippen LogP contribution >= 0.6 is 0 Å². The molecule has 0 atom stereocenters. The van der Waals surface area contributed by atoms with Gasteiger partial charge in [0.05, 0.1) is 16.8 Å². The number of rotatable bonds is 2. The first kappa shape index (κ1) is 19.5. The van der Waals surface area contributed by atoms with Gasteiger partial charge in [-0.15, -0.1) is 0 Å². The van der Waals surface area contributed by atoms with E-state index in [4.69, 9.17) is 4.74 Å². The monoisotopic (exact) mass is 412 g/mol. The van der Waals surface area contributed by atoms with E-state index >= 15 is 0 Å². The second-order valence-corrected chi connectivity index (χ2v) is 6.67. The third-order valence-electron chi connectivity index (χ3n) is 4.69. The molecule has 1 heterocycles. The Morgan fingerprint density at radius 1 is 0.967 bits per heavy atom. The zero-order valence-electron chi connectivity index (χ0n) is 15.7. The Balaban J connectivity index is 1.59. The predicted molar refractivity (Wildman–Crippen MR) is 105 cm³/mol. The Kier molecular flexibility index (Phi) is 4.69. The van der Waals surface area contributed by atoms with Crippen LogP contribution in [0.1, 0.15) is 26.3 Å². The number of alkyl halides is 3. The van der Waals surface area contributed by atoms with Gasteiger partial charge in [-0.3, -0.25) is 9.59 Å². The van der Waals surface area contributed by atoms with E-state index in [0.717, 1.165) is 24.3 Å². The summed E-state index contributed by atoms with van der Waals surface area (Å²) in [6.45, 7) is 0. The van der Waals surface area contributed by atoms with Crippen LogP contribution in [-0.2, 0) is 6.18 Å². The average molecular weight is 412 g/mol. The molecule has 0 radical (unpaired) electrons. The maximum Gasteiger partial charge on any atom is 0.416 e. The van der Waals surface area contributed by atoms with Crippen molar-refractivity contribution in [2.45, 2.75) is 6.18 Å². The highest BCUT2D eigenvalue weighted by molar-refractivity contribution is 6.11. The highest BCUT2D eigenvalue weighted by Crippen LogP contribution is 2.39. The van der Waals surface area contributed by atoms with Gasteiger partial charge in [-0.05, 0) is 54.6 Å². The molecule has 0 saturated heterocycles. The zero-order valence-corrected chi connectivity index (χ0v) is 15.7. The van der Waals surface area contributed by atoms with Crippen LogP contribution in [-0.4, -0.2) is 18.9 Å². The molecule has 2 amide bonds. The molecule has 0 aliphatic carbocycles. The molecule has 30 heavy (non-hydrogen) atoms. The molecule has 0 fully saturated rings. The Morgan fingerprint density at radius 3 is 2.37 bits per heavy atom. The van der Waals surface area contributed by atoms with E-state index in [9.17, 15) is 22.8 Å². The molecular formula is C22H15F3N2O3. The molecule has 3 aromatic rings. The topological polar surface area (TPSA) is 58.6 Å². The van der Waals surface area contributed by atoms with Gasteiger partial charge in [-0.25, -0.2) is 0 Å². The van der Waals surface area contributed by atoms with Crippen molar-refractivity contribution in [3.8, 4) is 11.5 Å². The van der Waals surface area contributed by atoms with Gasteiger partial charge in [0.2, 0.25) is 0 Å². The number of nitrogens with zero attached hydrogens (tertiary/aromatic N) is 1. The second-order valence-electron chi connectivity index (χ2n) is 6.67. The highest BCUT2D eigenvalue weighted by atomic mass is 19.4. The van der Waals surface area contributed by atoms with E-state index in [1.54, 1.807) is 43.4 Å². The van der Waals surface area contributed by atoms with Gasteiger partial charge in [0.1, 0.15) is 5.75 Å². The SMILES string of the molecule is CN1C(=O)c2cc(NC(=O)c3ccc(C(F)(F)F)cc3)ccc2Oc2ccccc21. The van der Waals surface area contributed by atoms with Gasteiger partial charge in [-0.2, -0.15) is 13.2 Å². The Morgan fingerprint density at radius 2 is 1.67 bits per heavy atom. The minimum absolute atomic E-state index is 0.0602. The van der Waals surface area contributed by atoms with Gasteiger partial charge in [0, 0.05) is 18.3 Å². The summed E-state index contributed by atoms with van der Waals surface area (Å²) in [4.78, 5) is 26.7. The fourth-order valence-electron chi connectivity index (χ4n) is 3.11. The van der Waals surface area contributed by atoms with Crippen molar-refractivity contribution in [1.82, 2.24) is 0 Å². The van der Waals surface area contributed by atoms with Gasteiger partial charge in [-0.1, -0.05) is 12.1 Å². The summed E-state index contributed by atoms with van der Waals surface area (Å²) < 4.78 is 43.9. The van der Waals surface area contributed by atoms with Crippen LogP contribution in [0.3, 0.4) is 0 Å². The van der Waals surface area contributed by atoms with Crippen molar-refractivity contribution in [1.29, 1.82) is 0 Å². The van der Waals surface area contributed by atoms with Crippen molar-refractivity contribution < 1.29 is 27.5 Å². The van der Waals surface area contributed by atoms with Crippen molar-refractivity contribution in [3.05, 3.63) is 83.4 Å². The van der Waals surface area contributed by atoms with Crippen LogP contribution in [0.2, 0.25) is 0 Å². The predicted octanol–water partition coefficient (Wildman–Crippen LogP) is 5.34. The lowest BCUT2D eigenvalue weighted by Gasteiger charge is -2.16. The number of ether oxygens (including phenoxy) is 1. The molecule has 1 N–H and O–H groups in total. The lowest BCUT2D eigenvalue weighted by Crippen LogP contribution is -2.25. The van der Waals surface area contributed by atoms with Gasteiger partial charge in [0.15, 0.2) is 5.75 Å². The Bertz CT molecular complexity index is 1140. The number of hydrogen-bond acceptors (Lipinski definition) is 3. The highest BCUT2D eigenvalue weighted by Gasteiger charge is 2.30. The Labute approximate surface area is 169 Å². The number of anilines is 2. The largest absolute Gasteiger partial charge is 0.454 e. The van der Waals surface area contributed by atoms with Crippen molar-refractivity contribution in [3.63, 3.8) is 0 Å². The van der Waals surface area contributed by atoms with Crippen molar-refractivity contribution in [2.24, 2.45) is 0 Å². The number of amides is 2. The number of hydrogen-bond donors (Lipinski definition) is 1. The third-order valence-corrected chi connectivity index (χ3v) is 4.69. The van der Waals surface area contributed by atoms with E-state index in [1.807, 2.05) is 0 Å². The smallest absolute Gasteiger partial charge is 0.416 e.